The molecule has 3 atom stereocenters. The van der Waals surface area contributed by atoms with E-state index in [0.29, 0.717) is 17.4 Å². The number of phosphoric acid groups is 1. The van der Waals surface area contributed by atoms with E-state index in [1.807, 2.05) is 33.3 Å². The van der Waals surface area contributed by atoms with Crippen LogP contribution >= 0.6 is 7.82 Å². The minimum Gasteiger partial charge on any atom is -0.456 e. The number of nitrogens with one attached hydrogen (secondary N) is 1. The first-order valence-electron chi connectivity index (χ1n) is 34.1. The highest BCUT2D eigenvalue weighted by Crippen LogP contribution is 2.43. The number of rotatable bonds is 61. The number of nitrogens with zero attached hydrogens (tertiary/aromatic N) is 1. The Labute approximate surface area is 507 Å². The molecule has 0 aromatic carbocycles. The molecule has 0 fully saturated rings. The van der Waals surface area contributed by atoms with Crippen LogP contribution in [-0.4, -0.2) is 74.3 Å². The predicted octanol–water partition coefficient (Wildman–Crippen LogP) is 21.5. The van der Waals surface area contributed by atoms with Crippen LogP contribution in [0.15, 0.2) is 97.2 Å². The van der Waals surface area contributed by atoms with Crippen LogP contribution < -0.4 is 5.32 Å². The van der Waals surface area contributed by atoms with Crippen molar-refractivity contribution in [3.05, 3.63) is 97.2 Å². The molecule has 0 aliphatic rings. The Morgan fingerprint density at radius 2 is 0.744 bits per heavy atom. The molecular formula is C72H130N2O7P+. The van der Waals surface area contributed by atoms with Crippen LogP contribution in [0.25, 0.3) is 0 Å². The maximum absolute atomic E-state index is 13.6. The number of ether oxygens (including phenoxy) is 1. The summed E-state index contributed by atoms with van der Waals surface area (Å²) in [6.07, 6.45) is 82.6. The van der Waals surface area contributed by atoms with Crippen LogP contribution in [0.1, 0.15) is 297 Å². The number of hydrogen-bond donors (Lipinski definition) is 2. The highest BCUT2D eigenvalue weighted by atomic mass is 31.2. The molecule has 0 saturated heterocycles. The van der Waals surface area contributed by atoms with Crippen LogP contribution in [0.3, 0.4) is 0 Å². The fourth-order valence-corrected chi connectivity index (χ4v) is 10.2. The van der Waals surface area contributed by atoms with E-state index in [1.54, 1.807) is 0 Å². The van der Waals surface area contributed by atoms with Crippen molar-refractivity contribution in [1.29, 1.82) is 0 Å². The Kier molecular flexibility index (Phi) is 58.7. The molecule has 1 amide bonds. The number of carbonyl (C=O) groups excluding carboxylic acids is 2. The number of amides is 1. The lowest BCUT2D eigenvalue weighted by molar-refractivity contribution is -0.870. The van der Waals surface area contributed by atoms with E-state index >= 15 is 0 Å². The maximum atomic E-state index is 13.6. The van der Waals surface area contributed by atoms with Crippen molar-refractivity contribution in [2.45, 2.75) is 309 Å². The first-order valence-corrected chi connectivity index (χ1v) is 35.6. The van der Waals surface area contributed by atoms with Gasteiger partial charge in [-0.1, -0.05) is 266 Å². The lowest BCUT2D eigenvalue weighted by atomic mass is 10.0. The Balaban J connectivity index is 5.17. The molecular weight excluding hydrogens is 1040 g/mol. The molecule has 0 rings (SSSR count). The molecule has 2 N–H and O–H groups in total. The van der Waals surface area contributed by atoms with Crippen molar-refractivity contribution in [1.82, 2.24) is 5.32 Å². The molecule has 82 heavy (non-hydrogen) atoms. The Hall–Kier alpha value is -3.07. The van der Waals surface area contributed by atoms with Crippen molar-refractivity contribution in [2.24, 2.45) is 0 Å². The summed E-state index contributed by atoms with van der Waals surface area (Å²) in [5.41, 5.74) is 0. The third-order valence-electron chi connectivity index (χ3n) is 14.7. The molecule has 0 spiro atoms. The van der Waals surface area contributed by atoms with Crippen LogP contribution in [-0.2, 0) is 27.9 Å². The molecule has 0 saturated carbocycles. The molecule has 0 aliphatic carbocycles. The smallest absolute Gasteiger partial charge is 0.456 e. The fourth-order valence-electron chi connectivity index (χ4n) is 9.46. The minimum atomic E-state index is -4.46. The standard InChI is InChI=1S/C72H129N2O7P/c1-7-10-13-16-19-22-25-28-30-32-34-35-36-37-38-39-41-43-45-47-50-53-56-59-62-65-72(76)81-70(63-60-57-54-51-48-27-24-21-18-15-12-9-3)69(68-80-82(77,78)79-67-66-74(4,5)6)73-71(75)64-61-58-55-52-49-46-44-42-40-33-31-29-26-23-20-17-14-11-8-2/h19-20,22-23,28-31,34-35,37-38,40,42,60,63,69-70H,7-18,21,24-27,32-33,36,39,41,43-59,61-62,64-68H2,1-6H3,(H-,73,75,77,78)/p+1/b22-19-,23-20-,30-28-,31-29-,35-34-,38-37-,42-40-,63-60-. The molecule has 3 unspecified atom stereocenters. The van der Waals surface area contributed by atoms with Gasteiger partial charge in [-0.2, -0.15) is 0 Å². The summed E-state index contributed by atoms with van der Waals surface area (Å²) in [5, 5.41) is 3.06. The monoisotopic (exact) mass is 1170 g/mol. The largest absolute Gasteiger partial charge is 0.472 e. The molecule has 474 valence electrons. The summed E-state index contributed by atoms with van der Waals surface area (Å²) in [6.45, 7) is 6.95. The summed E-state index contributed by atoms with van der Waals surface area (Å²) in [4.78, 5) is 37.8. The number of carbonyl (C=O) groups is 2. The quantitative estimate of drug-likeness (QED) is 0.0205. The van der Waals surface area contributed by atoms with Gasteiger partial charge in [-0.3, -0.25) is 18.6 Å². The van der Waals surface area contributed by atoms with E-state index in [0.717, 1.165) is 116 Å². The van der Waals surface area contributed by atoms with Gasteiger partial charge in [-0.25, -0.2) is 4.57 Å². The number of unbranched alkanes of at least 4 members (excludes halogenated alkanes) is 31. The van der Waals surface area contributed by atoms with E-state index < -0.39 is 20.0 Å². The van der Waals surface area contributed by atoms with Gasteiger partial charge >= 0.3 is 13.8 Å². The second-order valence-corrected chi connectivity index (χ2v) is 25.4. The second-order valence-electron chi connectivity index (χ2n) is 24.0. The van der Waals surface area contributed by atoms with Crippen LogP contribution in [0.4, 0.5) is 0 Å². The van der Waals surface area contributed by atoms with E-state index in [4.69, 9.17) is 13.8 Å². The van der Waals surface area contributed by atoms with E-state index in [9.17, 15) is 19.0 Å². The Morgan fingerprint density at radius 3 is 1.13 bits per heavy atom. The number of likely N-dealkylation sites (N-methyl/N-ethyl adjacent to an activating group) is 1. The average molecular weight is 1170 g/mol. The summed E-state index contributed by atoms with van der Waals surface area (Å²) in [6, 6.07) is -0.864. The number of phosphoric ester groups is 1. The summed E-state index contributed by atoms with van der Waals surface area (Å²) in [5.74, 6) is -0.526. The topological polar surface area (TPSA) is 111 Å². The molecule has 0 heterocycles. The zero-order chi connectivity index (χ0) is 60.0. The van der Waals surface area contributed by atoms with Crippen LogP contribution in [0.5, 0.6) is 0 Å². The zero-order valence-corrected chi connectivity index (χ0v) is 55.1. The van der Waals surface area contributed by atoms with E-state index in [-0.39, 0.29) is 31.5 Å². The van der Waals surface area contributed by atoms with Crippen LogP contribution in [0, 0.1) is 0 Å². The number of quaternary nitrogens is 1. The Bertz CT molecular complexity index is 1720. The third kappa shape index (κ3) is 61.5. The molecule has 9 nitrogen and oxygen atoms in total. The zero-order valence-electron chi connectivity index (χ0n) is 54.2. The SMILES string of the molecule is CCCCC/C=C\C/C=C\C/C=C\C/C=C\CCCCCCCCCCCC(=O)OC(/C=C\CCCCCCCCCCCC)C(COP(=O)(O)OCC[N+](C)(C)C)NC(=O)CCCCCCCC/C=C\C/C=C\C/C=C\CCCCC. The first-order chi connectivity index (χ1) is 39.9. The fraction of sp³-hybridized carbons (Fsp3) is 0.750. The molecule has 0 aromatic rings. The number of allylic oxidation sites excluding steroid dienone is 15. The summed E-state index contributed by atoms with van der Waals surface area (Å²) in [7, 11) is 1.48. The van der Waals surface area contributed by atoms with E-state index in [1.165, 1.54) is 148 Å². The van der Waals surface area contributed by atoms with Gasteiger partial charge in [0, 0.05) is 12.8 Å². The summed E-state index contributed by atoms with van der Waals surface area (Å²) >= 11 is 0. The van der Waals surface area contributed by atoms with E-state index in [2.05, 4.69) is 111 Å². The van der Waals surface area contributed by atoms with Crippen molar-refractivity contribution in [3.63, 3.8) is 0 Å². The van der Waals surface area contributed by atoms with Crippen molar-refractivity contribution >= 4 is 19.7 Å². The highest BCUT2D eigenvalue weighted by Gasteiger charge is 2.30. The minimum absolute atomic E-state index is 0.0324. The number of hydrogen-bond acceptors (Lipinski definition) is 6. The molecule has 10 heteroatoms. The van der Waals surface area contributed by atoms with Gasteiger partial charge in [-0.05, 0) is 115 Å². The van der Waals surface area contributed by atoms with Crippen molar-refractivity contribution in [2.75, 3.05) is 40.9 Å². The lowest BCUT2D eigenvalue weighted by Crippen LogP contribution is -2.47. The molecule has 0 aliphatic heterocycles. The van der Waals surface area contributed by atoms with Crippen molar-refractivity contribution < 1.29 is 37.3 Å². The number of esters is 1. The van der Waals surface area contributed by atoms with Gasteiger partial charge in [0.05, 0.1) is 33.8 Å². The average Bonchev–Trinajstić information content (AvgIpc) is 3.44. The molecule has 0 radical (unpaired) electrons. The predicted molar refractivity (Wildman–Crippen MR) is 355 cm³/mol. The molecule has 0 aromatic heterocycles. The van der Waals surface area contributed by atoms with Crippen LogP contribution in [0.2, 0.25) is 0 Å². The van der Waals surface area contributed by atoms with Gasteiger partial charge in [-0.15, -0.1) is 0 Å². The van der Waals surface area contributed by atoms with Gasteiger partial charge in [0.25, 0.3) is 0 Å². The third-order valence-corrected chi connectivity index (χ3v) is 15.7. The Morgan fingerprint density at radius 1 is 0.427 bits per heavy atom. The summed E-state index contributed by atoms with van der Waals surface area (Å²) < 4.78 is 30.8. The highest BCUT2D eigenvalue weighted by molar-refractivity contribution is 7.47. The second kappa shape index (κ2) is 61.0. The van der Waals surface area contributed by atoms with Gasteiger partial charge in [0.15, 0.2) is 0 Å². The van der Waals surface area contributed by atoms with Gasteiger partial charge in [0.1, 0.15) is 19.3 Å². The first kappa shape index (κ1) is 78.9. The normalized spacial score (nSPS) is 14.2. The maximum Gasteiger partial charge on any atom is 0.472 e. The lowest BCUT2D eigenvalue weighted by Gasteiger charge is -2.27. The van der Waals surface area contributed by atoms with Crippen molar-refractivity contribution in [3.8, 4) is 0 Å². The van der Waals surface area contributed by atoms with Gasteiger partial charge < -0.3 is 19.4 Å². The molecule has 0 bridgehead atoms. The van der Waals surface area contributed by atoms with Gasteiger partial charge in [0.2, 0.25) is 5.91 Å².